The molecule has 0 rings (SSSR count). The fourth-order valence-corrected chi connectivity index (χ4v) is 13.8. The number of hydrogen-bond acceptors (Lipinski definition) is 15. The molecule has 101 heavy (non-hydrogen) atoms. The van der Waals surface area contributed by atoms with E-state index in [0.717, 1.165) is 121 Å². The van der Waals surface area contributed by atoms with Crippen LogP contribution in [0.15, 0.2) is 24.3 Å². The molecular weight excluding hydrogens is 1320 g/mol. The Labute approximate surface area is 618 Å². The van der Waals surface area contributed by atoms with Crippen LogP contribution < -0.4 is 0 Å². The average Bonchev–Trinajstić information content (AvgIpc) is 1.22. The van der Waals surface area contributed by atoms with E-state index in [4.69, 9.17) is 37.0 Å². The van der Waals surface area contributed by atoms with Crippen molar-refractivity contribution >= 4 is 39.5 Å². The second kappa shape index (κ2) is 73.1. The molecule has 0 bridgehead atoms. The SMILES string of the molecule is CCCCCC/C=C\C=C/CCCCCCCC(=O)O[C@H](COC(=O)CCCCCCCCCCC(C)C)COP(=O)(O)OC[C@H](O)COP(=O)(O)OC[C@@H](COC(=O)CCCCCCCCCCCCCCCCCCC)OC(=O)CCCCCCCCCCCCCCCCCC(C)C. The van der Waals surface area contributed by atoms with Gasteiger partial charge in [0.25, 0.3) is 0 Å². The summed E-state index contributed by atoms with van der Waals surface area (Å²) in [7, 11) is -9.93. The number of unbranched alkanes of at least 4 members (excludes halogenated alkanes) is 46. The van der Waals surface area contributed by atoms with Gasteiger partial charge in [-0.2, -0.15) is 0 Å². The predicted molar refractivity (Wildman–Crippen MR) is 414 cm³/mol. The monoisotopic (exact) mass is 1480 g/mol. The number of hydrogen-bond donors (Lipinski definition) is 3. The summed E-state index contributed by atoms with van der Waals surface area (Å²) in [5, 5.41) is 10.6. The highest BCUT2D eigenvalue weighted by molar-refractivity contribution is 7.47. The molecule has 2 unspecified atom stereocenters. The van der Waals surface area contributed by atoms with Gasteiger partial charge in [-0.3, -0.25) is 37.3 Å². The van der Waals surface area contributed by atoms with Crippen LogP contribution in [-0.4, -0.2) is 96.7 Å². The van der Waals surface area contributed by atoms with Gasteiger partial charge in [0, 0.05) is 25.7 Å². The van der Waals surface area contributed by atoms with E-state index >= 15 is 0 Å². The third kappa shape index (κ3) is 75.6. The van der Waals surface area contributed by atoms with Gasteiger partial charge in [-0.25, -0.2) is 9.13 Å². The molecular formula is C82H156O17P2. The van der Waals surface area contributed by atoms with E-state index in [9.17, 15) is 43.2 Å². The third-order valence-electron chi connectivity index (χ3n) is 18.6. The molecule has 0 aromatic rings. The van der Waals surface area contributed by atoms with Crippen molar-refractivity contribution in [3.63, 3.8) is 0 Å². The highest BCUT2D eigenvalue weighted by atomic mass is 31.2. The molecule has 0 aliphatic carbocycles. The fraction of sp³-hybridized carbons (Fsp3) is 0.902. The summed E-state index contributed by atoms with van der Waals surface area (Å²) in [6.45, 7) is 9.56. The Morgan fingerprint density at radius 3 is 0.812 bits per heavy atom. The van der Waals surface area contributed by atoms with E-state index in [1.54, 1.807) is 0 Å². The van der Waals surface area contributed by atoms with Gasteiger partial charge in [0.05, 0.1) is 26.4 Å². The van der Waals surface area contributed by atoms with Crippen molar-refractivity contribution in [3.8, 4) is 0 Å². The van der Waals surface area contributed by atoms with Crippen molar-refractivity contribution in [1.29, 1.82) is 0 Å². The van der Waals surface area contributed by atoms with Crippen LogP contribution in [-0.2, 0) is 65.4 Å². The van der Waals surface area contributed by atoms with Crippen LogP contribution in [0.2, 0.25) is 0 Å². The number of phosphoric ester groups is 2. The summed E-state index contributed by atoms with van der Waals surface area (Å²) in [6.07, 6.45) is 66.0. The number of aliphatic hydroxyl groups excluding tert-OH is 1. The van der Waals surface area contributed by atoms with Crippen LogP contribution in [0.1, 0.15) is 408 Å². The van der Waals surface area contributed by atoms with Crippen molar-refractivity contribution < 1.29 is 80.2 Å². The van der Waals surface area contributed by atoms with E-state index in [2.05, 4.69) is 65.8 Å². The lowest BCUT2D eigenvalue weighted by molar-refractivity contribution is -0.161. The second-order valence-electron chi connectivity index (χ2n) is 29.8. The minimum Gasteiger partial charge on any atom is -0.462 e. The summed E-state index contributed by atoms with van der Waals surface area (Å²) in [4.78, 5) is 73.0. The number of allylic oxidation sites excluding steroid dienone is 4. The molecule has 17 nitrogen and oxygen atoms in total. The van der Waals surface area contributed by atoms with Crippen LogP contribution in [0.5, 0.6) is 0 Å². The number of carbonyl (C=O) groups excluding carboxylic acids is 4. The summed E-state index contributed by atoms with van der Waals surface area (Å²) < 4.78 is 68.7. The Bertz CT molecular complexity index is 2040. The van der Waals surface area contributed by atoms with E-state index in [-0.39, 0.29) is 25.7 Å². The van der Waals surface area contributed by atoms with Crippen LogP contribution in [0.3, 0.4) is 0 Å². The quantitative estimate of drug-likeness (QED) is 0.0169. The van der Waals surface area contributed by atoms with Gasteiger partial charge in [-0.15, -0.1) is 0 Å². The van der Waals surface area contributed by atoms with Crippen molar-refractivity contribution in [2.75, 3.05) is 39.6 Å². The first-order valence-corrected chi connectivity index (χ1v) is 44.8. The predicted octanol–water partition coefficient (Wildman–Crippen LogP) is 24.2. The van der Waals surface area contributed by atoms with E-state index in [1.807, 2.05) is 0 Å². The molecule has 3 N–H and O–H groups in total. The van der Waals surface area contributed by atoms with Gasteiger partial charge in [0.2, 0.25) is 0 Å². The Balaban J connectivity index is 5.29. The highest BCUT2D eigenvalue weighted by Crippen LogP contribution is 2.45. The zero-order chi connectivity index (χ0) is 74.2. The molecule has 596 valence electrons. The summed E-state index contributed by atoms with van der Waals surface area (Å²) in [5.74, 6) is -0.613. The third-order valence-corrected chi connectivity index (χ3v) is 20.5. The van der Waals surface area contributed by atoms with Crippen LogP contribution in [0.25, 0.3) is 0 Å². The lowest BCUT2D eigenvalue weighted by Crippen LogP contribution is -2.30. The number of ether oxygens (including phenoxy) is 4. The Hall–Kier alpha value is -2.46. The summed E-state index contributed by atoms with van der Waals surface area (Å²) in [5.41, 5.74) is 0. The van der Waals surface area contributed by atoms with E-state index < -0.39 is 97.5 Å². The number of carbonyl (C=O) groups is 4. The van der Waals surface area contributed by atoms with Crippen LogP contribution in [0.4, 0.5) is 0 Å². The smallest absolute Gasteiger partial charge is 0.462 e. The first-order valence-electron chi connectivity index (χ1n) is 41.8. The molecule has 19 heteroatoms. The molecule has 0 amide bonds. The first kappa shape index (κ1) is 98.5. The normalized spacial score (nSPS) is 14.0. The summed E-state index contributed by atoms with van der Waals surface area (Å²) in [6, 6.07) is 0. The molecule has 0 fully saturated rings. The topological polar surface area (TPSA) is 237 Å². The molecule has 0 heterocycles. The van der Waals surface area contributed by atoms with Crippen LogP contribution in [0, 0.1) is 11.8 Å². The minimum absolute atomic E-state index is 0.0847. The Morgan fingerprint density at radius 2 is 0.535 bits per heavy atom. The zero-order valence-corrected chi connectivity index (χ0v) is 67.5. The van der Waals surface area contributed by atoms with Crippen molar-refractivity contribution in [1.82, 2.24) is 0 Å². The molecule has 5 atom stereocenters. The summed E-state index contributed by atoms with van der Waals surface area (Å²) >= 11 is 0. The van der Waals surface area contributed by atoms with Gasteiger partial charge in [-0.1, -0.05) is 355 Å². The lowest BCUT2D eigenvalue weighted by Gasteiger charge is -2.21. The minimum atomic E-state index is -4.97. The molecule has 0 aromatic carbocycles. The fourth-order valence-electron chi connectivity index (χ4n) is 12.2. The van der Waals surface area contributed by atoms with Gasteiger partial charge >= 0.3 is 39.5 Å². The van der Waals surface area contributed by atoms with Crippen LogP contribution >= 0.6 is 15.6 Å². The number of aliphatic hydroxyl groups is 1. The number of phosphoric acid groups is 2. The van der Waals surface area contributed by atoms with Gasteiger partial charge in [-0.05, 0) is 63.2 Å². The Kier molecular flexibility index (Phi) is 71.3. The molecule has 0 saturated heterocycles. The van der Waals surface area contributed by atoms with E-state index in [0.29, 0.717) is 25.7 Å². The molecule has 0 radical (unpaired) electrons. The lowest BCUT2D eigenvalue weighted by atomic mass is 10.0. The van der Waals surface area contributed by atoms with Crippen molar-refractivity contribution in [3.05, 3.63) is 24.3 Å². The zero-order valence-electron chi connectivity index (χ0n) is 65.7. The maximum atomic E-state index is 13.1. The maximum Gasteiger partial charge on any atom is 0.472 e. The number of esters is 4. The first-order chi connectivity index (χ1) is 48.9. The highest BCUT2D eigenvalue weighted by Gasteiger charge is 2.30. The molecule has 0 spiro atoms. The standard InChI is InChI=1S/C82H156O17P2/c1-7-9-11-13-15-17-19-21-23-24-28-31-35-39-46-52-58-64-79(84)92-70-77(98-81(86)67-61-55-49-41-37-33-29-25-27-30-34-38-44-50-56-62-74(3)4)72-96-100(88,89)94-68-76(83)69-95-101(90,91)97-73-78(71-93-80(85)65-59-53-47-43-42-45-51-57-63-75(5)6)99-82(87)66-60-54-48-40-36-32-26-22-20-18-16-14-12-10-8-2/h18,20,22,26,74-78,83H,7-17,19,21,23-25,27-73H2,1-6H3,(H,88,89)(H,90,91)/b20-18-,26-22-/t76-,77-,78-/m1/s1. The average molecular weight is 1480 g/mol. The molecule has 0 aromatic heterocycles. The largest absolute Gasteiger partial charge is 0.472 e. The Morgan fingerprint density at radius 1 is 0.307 bits per heavy atom. The van der Waals surface area contributed by atoms with Crippen molar-refractivity contribution in [2.45, 2.75) is 426 Å². The second-order valence-corrected chi connectivity index (χ2v) is 32.7. The van der Waals surface area contributed by atoms with Gasteiger partial charge < -0.3 is 33.8 Å². The van der Waals surface area contributed by atoms with Gasteiger partial charge in [0.15, 0.2) is 12.2 Å². The molecule has 0 aliphatic heterocycles. The van der Waals surface area contributed by atoms with Gasteiger partial charge in [0.1, 0.15) is 19.3 Å². The molecule has 0 aliphatic rings. The maximum absolute atomic E-state index is 13.1. The van der Waals surface area contributed by atoms with E-state index in [1.165, 1.54) is 205 Å². The number of rotatable bonds is 79. The van der Waals surface area contributed by atoms with Crippen molar-refractivity contribution in [2.24, 2.45) is 11.8 Å². The molecule has 0 saturated carbocycles.